The Morgan fingerprint density at radius 2 is 1.96 bits per heavy atom. The molecule has 0 unspecified atom stereocenters. The lowest BCUT2D eigenvalue weighted by atomic mass is 10.1. The summed E-state index contributed by atoms with van der Waals surface area (Å²) in [6, 6.07) is 2.57. The maximum atomic E-state index is 13.1. The first kappa shape index (κ1) is 17.9. The number of pyridine rings is 1. The second-order valence-electron chi connectivity index (χ2n) is 4.72. The Bertz CT molecular complexity index is 833. The van der Waals surface area contributed by atoms with E-state index >= 15 is 0 Å². The van der Waals surface area contributed by atoms with Crippen LogP contribution < -0.4 is 5.32 Å². The second-order valence-corrected chi connectivity index (χ2v) is 5.57. The summed E-state index contributed by atoms with van der Waals surface area (Å²) in [5.41, 5.74) is -2.57. The number of amides is 1. The number of alkyl halides is 3. The normalized spacial score (nSPS) is 11.4. The Labute approximate surface area is 141 Å². The molecule has 0 atom stereocenters. The zero-order valence-electron chi connectivity index (χ0n) is 12.3. The summed E-state index contributed by atoms with van der Waals surface area (Å²) in [6.07, 6.45) is -4.76. The third-order valence-electron chi connectivity index (χ3n) is 3.01. The van der Waals surface area contributed by atoms with Crippen molar-refractivity contribution in [1.29, 1.82) is 0 Å². The predicted molar refractivity (Wildman–Crippen MR) is 79.8 cm³/mol. The number of hydrogen-bond donors (Lipinski definition) is 2. The molecule has 0 fully saturated rings. The smallest absolute Gasteiger partial charge is 0.420 e. The molecule has 0 spiro atoms. The van der Waals surface area contributed by atoms with E-state index in [4.69, 9.17) is 5.11 Å². The number of aryl methyl sites for hydroxylation is 2. The van der Waals surface area contributed by atoms with Gasteiger partial charge in [-0.2, -0.15) is 18.3 Å². The maximum absolute atomic E-state index is 13.1. The van der Waals surface area contributed by atoms with Crippen LogP contribution in [-0.4, -0.2) is 31.7 Å². The van der Waals surface area contributed by atoms with E-state index in [1.807, 2.05) is 0 Å². The molecular formula is C13H10BrF3N4O3. The monoisotopic (exact) mass is 406 g/mol. The van der Waals surface area contributed by atoms with Crippen molar-refractivity contribution in [3.8, 4) is 0 Å². The third-order valence-corrected chi connectivity index (χ3v) is 3.65. The minimum Gasteiger partial charge on any atom is -0.476 e. The number of carbonyl (C=O) groups excluding carboxylic acids is 1. The number of halogens is 4. The number of carboxylic acids is 1. The van der Waals surface area contributed by atoms with E-state index in [9.17, 15) is 22.8 Å². The average molecular weight is 407 g/mol. The standard InChI is InChI=1S/C13H10BrF3N4O3/c1-5-8(13(15,16)17)10(21(2)20-5)11(22)19-7-4-3-6(14)9(18-7)12(23)24/h3-4H,1-2H3,(H,23,24)(H,18,19,22). The highest BCUT2D eigenvalue weighted by Crippen LogP contribution is 2.34. The molecule has 0 aliphatic carbocycles. The molecule has 1 amide bonds. The van der Waals surface area contributed by atoms with Crippen LogP contribution in [0.4, 0.5) is 19.0 Å². The van der Waals surface area contributed by atoms with Gasteiger partial charge in [-0.25, -0.2) is 9.78 Å². The van der Waals surface area contributed by atoms with E-state index in [-0.39, 0.29) is 21.7 Å². The minimum atomic E-state index is -4.76. The topological polar surface area (TPSA) is 97.1 Å². The Morgan fingerprint density at radius 1 is 1.33 bits per heavy atom. The summed E-state index contributed by atoms with van der Waals surface area (Å²) in [6.45, 7) is 1.14. The largest absolute Gasteiger partial charge is 0.476 e. The Balaban J connectivity index is 2.42. The number of aromatic carboxylic acids is 1. The Hall–Kier alpha value is -2.43. The molecule has 0 aliphatic rings. The van der Waals surface area contributed by atoms with Crippen LogP contribution in [0.25, 0.3) is 0 Å². The summed E-state index contributed by atoms with van der Waals surface area (Å²) >= 11 is 2.98. The van der Waals surface area contributed by atoms with Gasteiger partial charge in [0.05, 0.1) is 10.2 Å². The summed E-state index contributed by atoms with van der Waals surface area (Å²) in [4.78, 5) is 26.9. The Morgan fingerprint density at radius 3 is 2.50 bits per heavy atom. The number of nitrogens with one attached hydrogen (secondary N) is 1. The fourth-order valence-corrected chi connectivity index (χ4v) is 2.49. The number of aromatic nitrogens is 3. The van der Waals surface area contributed by atoms with E-state index in [0.29, 0.717) is 0 Å². The van der Waals surface area contributed by atoms with Crippen molar-refractivity contribution in [2.24, 2.45) is 7.05 Å². The van der Waals surface area contributed by atoms with Gasteiger partial charge in [0.25, 0.3) is 5.91 Å². The molecule has 2 aromatic rings. The van der Waals surface area contributed by atoms with Crippen molar-refractivity contribution in [3.63, 3.8) is 0 Å². The quantitative estimate of drug-likeness (QED) is 0.816. The molecule has 0 saturated carbocycles. The van der Waals surface area contributed by atoms with Crippen molar-refractivity contribution < 1.29 is 27.9 Å². The van der Waals surface area contributed by atoms with Crippen LogP contribution in [-0.2, 0) is 13.2 Å². The molecule has 0 aliphatic heterocycles. The molecule has 2 N–H and O–H groups in total. The molecule has 2 heterocycles. The van der Waals surface area contributed by atoms with E-state index in [0.717, 1.165) is 11.6 Å². The van der Waals surface area contributed by atoms with Crippen molar-refractivity contribution in [1.82, 2.24) is 14.8 Å². The summed E-state index contributed by atoms with van der Waals surface area (Å²) < 4.78 is 40.3. The highest BCUT2D eigenvalue weighted by Gasteiger charge is 2.40. The molecule has 0 radical (unpaired) electrons. The number of nitrogens with zero attached hydrogens (tertiary/aromatic N) is 3. The second kappa shape index (κ2) is 6.23. The zero-order valence-corrected chi connectivity index (χ0v) is 13.9. The van der Waals surface area contributed by atoms with Gasteiger partial charge in [-0.3, -0.25) is 9.48 Å². The molecule has 0 aromatic carbocycles. The van der Waals surface area contributed by atoms with Gasteiger partial charge in [0.15, 0.2) is 5.69 Å². The zero-order chi connectivity index (χ0) is 18.2. The number of anilines is 1. The van der Waals surface area contributed by atoms with Gasteiger partial charge >= 0.3 is 12.1 Å². The van der Waals surface area contributed by atoms with E-state index in [1.54, 1.807) is 0 Å². The third kappa shape index (κ3) is 3.40. The SMILES string of the molecule is Cc1nn(C)c(C(=O)Nc2ccc(Br)c(C(=O)O)n2)c1C(F)(F)F. The molecule has 2 rings (SSSR count). The van der Waals surface area contributed by atoms with Crippen molar-refractivity contribution in [2.75, 3.05) is 5.32 Å². The Kier molecular flexibility index (Phi) is 4.65. The molecule has 0 bridgehead atoms. The first-order valence-corrected chi connectivity index (χ1v) is 7.13. The van der Waals surface area contributed by atoms with Crippen LogP contribution in [0, 0.1) is 6.92 Å². The van der Waals surface area contributed by atoms with E-state index in [2.05, 4.69) is 31.3 Å². The molecule has 7 nitrogen and oxygen atoms in total. The number of rotatable bonds is 3. The fraction of sp³-hybridized carbons (Fsp3) is 0.231. The predicted octanol–water partition coefficient (Wildman–Crippen LogP) is 2.86. The number of carboxylic acid groups (broad SMARTS) is 1. The van der Waals surface area contributed by atoms with Gasteiger partial charge < -0.3 is 10.4 Å². The van der Waals surface area contributed by atoms with E-state index < -0.39 is 29.3 Å². The van der Waals surface area contributed by atoms with Gasteiger partial charge in [0, 0.05) is 7.05 Å². The van der Waals surface area contributed by atoms with Crippen molar-refractivity contribution >= 4 is 33.6 Å². The molecule has 11 heteroatoms. The summed E-state index contributed by atoms with van der Waals surface area (Å²) in [5.74, 6) is -2.66. The van der Waals surface area contributed by atoms with Crippen molar-refractivity contribution in [3.05, 3.63) is 39.3 Å². The van der Waals surface area contributed by atoms with Gasteiger partial charge in [-0.15, -0.1) is 0 Å². The lowest BCUT2D eigenvalue weighted by Crippen LogP contribution is -2.22. The highest BCUT2D eigenvalue weighted by molar-refractivity contribution is 9.10. The van der Waals surface area contributed by atoms with Crippen LogP contribution in [0.1, 0.15) is 32.2 Å². The van der Waals surface area contributed by atoms with Gasteiger partial charge in [-0.05, 0) is 35.0 Å². The van der Waals surface area contributed by atoms with E-state index in [1.165, 1.54) is 19.2 Å². The lowest BCUT2D eigenvalue weighted by Gasteiger charge is -2.10. The van der Waals surface area contributed by atoms with Crippen LogP contribution in [0.3, 0.4) is 0 Å². The number of hydrogen-bond acceptors (Lipinski definition) is 4. The molecular weight excluding hydrogens is 397 g/mol. The highest BCUT2D eigenvalue weighted by atomic mass is 79.9. The van der Waals surface area contributed by atoms with Gasteiger partial charge in [0.1, 0.15) is 17.1 Å². The first-order chi connectivity index (χ1) is 11.0. The first-order valence-electron chi connectivity index (χ1n) is 6.34. The molecule has 24 heavy (non-hydrogen) atoms. The molecule has 0 saturated heterocycles. The maximum Gasteiger partial charge on any atom is 0.420 e. The molecule has 2 aromatic heterocycles. The average Bonchev–Trinajstić information content (AvgIpc) is 2.75. The fourth-order valence-electron chi connectivity index (χ4n) is 2.10. The van der Waals surface area contributed by atoms with Gasteiger partial charge in [-0.1, -0.05) is 0 Å². The lowest BCUT2D eigenvalue weighted by molar-refractivity contribution is -0.138. The summed E-state index contributed by atoms with van der Waals surface area (Å²) in [5, 5.41) is 14.7. The van der Waals surface area contributed by atoms with Crippen LogP contribution in [0.5, 0.6) is 0 Å². The van der Waals surface area contributed by atoms with Crippen molar-refractivity contribution in [2.45, 2.75) is 13.1 Å². The number of carbonyl (C=O) groups is 2. The van der Waals surface area contributed by atoms with Gasteiger partial charge in [0.2, 0.25) is 0 Å². The van der Waals surface area contributed by atoms with Crippen LogP contribution in [0.2, 0.25) is 0 Å². The summed E-state index contributed by atoms with van der Waals surface area (Å²) in [7, 11) is 1.20. The minimum absolute atomic E-state index is 0.167. The van der Waals surface area contributed by atoms with Crippen LogP contribution >= 0.6 is 15.9 Å². The molecule has 128 valence electrons. The van der Waals surface area contributed by atoms with Crippen LogP contribution in [0.15, 0.2) is 16.6 Å².